The van der Waals surface area contributed by atoms with Crippen LogP contribution in [0.2, 0.25) is 0 Å². The number of hydrogen-bond donors (Lipinski definition) is 0. The van der Waals surface area contributed by atoms with Gasteiger partial charge in [-0.05, 0) is 30.6 Å². The highest BCUT2D eigenvalue weighted by atomic mass is 16.5. The van der Waals surface area contributed by atoms with Gasteiger partial charge in [0.2, 0.25) is 0 Å². The molecule has 2 nitrogen and oxygen atoms in total. The van der Waals surface area contributed by atoms with Crippen molar-refractivity contribution >= 4 is 12.4 Å². The van der Waals surface area contributed by atoms with E-state index in [2.05, 4.69) is 6.92 Å². The van der Waals surface area contributed by atoms with Gasteiger partial charge >= 0.3 is 0 Å². The van der Waals surface area contributed by atoms with Gasteiger partial charge in [0.15, 0.2) is 0 Å². The molecule has 0 N–H and O–H groups in total. The molecule has 0 spiro atoms. The van der Waals surface area contributed by atoms with E-state index >= 15 is 0 Å². The number of unbranched alkanes of at least 4 members (excludes halogenated alkanes) is 4. The third-order valence-corrected chi connectivity index (χ3v) is 3.20. The lowest BCUT2D eigenvalue weighted by atomic mass is 10.0. The van der Waals surface area contributed by atoms with Crippen molar-refractivity contribution in [2.75, 3.05) is 7.11 Å². The minimum Gasteiger partial charge on any atom is -0.496 e. The summed E-state index contributed by atoms with van der Waals surface area (Å²) in [6.07, 6.45) is 9.83. The molecule has 1 rings (SSSR count). The second-order valence-corrected chi connectivity index (χ2v) is 4.74. The molecule has 0 heterocycles. The summed E-state index contributed by atoms with van der Waals surface area (Å²) >= 11 is 0. The van der Waals surface area contributed by atoms with Gasteiger partial charge in [-0.1, -0.05) is 50.8 Å². The van der Waals surface area contributed by atoms with E-state index in [0.29, 0.717) is 0 Å². The van der Waals surface area contributed by atoms with E-state index in [1.807, 2.05) is 30.3 Å². The highest BCUT2D eigenvalue weighted by molar-refractivity contribution is 5.82. The zero-order chi connectivity index (χ0) is 13.9. The maximum absolute atomic E-state index is 11.1. The zero-order valence-electron chi connectivity index (χ0n) is 12.0. The van der Waals surface area contributed by atoms with Crippen LogP contribution in [0.1, 0.15) is 51.0 Å². The smallest absolute Gasteiger partial charge is 0.146 e. The van der Waals surface area contributed by atoms with E-state index in [1.54, 1.807) is 7.11 Å². The molecule has 0 aliphatic heterocycles. The van der Waals surface area contributed by atoms with Gasteiger partial charge in [-0.15, -0.1) is 0 Å². The Kier molecular flexibility index (Phi) is 7.64. The molecule has 0 saturated carbocycles. The Balaban J connectivity index is 2.58. The van der Waals surface area contributed by atoms with Gasteiger partial charge in [-0.2, -0.15) is 0 Å². The fourth-order valence-corrected chi connectivity index (χ4v) is 2.08. The molecule has 0 fully saturated rings. The molecule has 104 valence electrons. The summed E-state index contributed by atoms with van der Waals surface area (Å²) in [5.41, 5.74) is 1.82. The predicted molar refractivity (Wildman–Crippen MR) is 80.4 cm³/mol. The summed E-state index contributed by atoms with van der Waals surface area (Å²) in [5, 5.41) is 0. The Hall–Kier alpha value is -1.57. The molecule has 0 aliphatic rings. The third kappa shape index (κ3) is 5.73. The van der Waals surface area contributed by atoms with Crippen molar-refractivity contribution in [3.63, 3.8) is 0 Å². The van der Waals surface area contributed by atoms with Crippen LogP contribution in [-0.2, 0) is 4.79 Å². The molecule has 0 saturated heterocycles. The number of aldehydes is 1. The van der Waals surface area contributed by atoms with Gasteiger partial charge in [0.25, 0.3) is 0 Å². The van der Waals surface area contributed by atoms with Gasteiger partial charge in [-0.3, -0.25) is 4.79 Å². The molecule has 0 atom stereocenters. The second-order valence-electron chi connectivity index (χ2n) is 4.74. The summed E-state index contributed by atoms with van der Waals surface area (Å²) in [4.78, 5) is 11.1. The number of carbonyl (C=O) groups excluding carboxylic acids is 1. The number of rotatable bonds is 9. The predicted octanol–water partition coefficient (Wildman–Crippen LogP) is 4.64. The van der Waals surface area contributed by atoms with Crippen LogP contribution in [-0.4, -0.2) is 13.4 Å². The Bertz CT molecular complexity index is 407. The molecular formula is C17H24O2. The molecular weight excluding hydrogens is 236 g/mol. The van der Waals surface area contributed by atoms with Crippen LogP contribution in [0.15, 0.2) is 29.8 Å². The van der Waals surface area contributed by atoms with Gasteiger partial charge in [-0.25, -0.2) is 0 Å². The maximum atomic E-state index is 11.1. The molecule has 2 heteroatoms. The number of allylic oxidation sites excluding steroid dienone is 1. The van der Waals surface area contributed by atoms with E-state index in [-0.39, 0.29) is 0 Å². The molecule has 0 amide bonds. The van der Waals surface area contributed by atoms with Crippen molar-refractivity contribution in [2.24, 2.45) is 0 Å². The summed E-state index contributed by atoms with van der Waals surface area (Å²) < 4.78 is 5.29. The maximum Gasteiger partial charge on any atom is 0.146 e. The van der Waals surface area contributed by atoms with E-state index < -0.39 is 0 Å². The molecule has 0 radical (unpaired) electrons. The van der Waals surface area contributed by atoms with Crippen molar-refractivity contribution in [3.8, 4) is 5.75 Å². The quantitative estimate of drug-likeness (QED) is 0.367. The lowest BCUT2D eigenvalue weighted by molar-refractivity contribution is -0.105. The van der Waals surface area contributed by atoms with Gasteiger partial charge in [0.1, 0.15) is 12.0 Å². The van der Waals surface area contributed by atoms with Crippen molar-refractivity contribution < 1.29 is 9.53 Å². The lowest BCUT2D eigenvalue weighted by Gasteiger charge is -2.05. The number of para-hydroxylation sites is 1. The topological polar surface area (TPSA) is 26.3 Å². The van der Waals surface area contributed by atoms with Crippen molar-refractivity contribution in [1.29, 1.82) is 0 Å². The number of hydrogen-bond acceptors (Lipinski definition) is 2. The summed E-state index contributed by atoms with van der Waals surface area (Å²) in [6.45, 7) is 2.21. The lowest BCUT2D eigenvalue weighted by Crippen LogP contribution is -1.90. The summed E-state index contributed by atoms with van der Waals surface area (Å²) in [6, 6.07) is 7.77. The third-order valence-electron chi connectivity index (χ3n) is 3.20. The van der Waals surface area contributed by atoms with Crippen LogP contribution >= 0.6 is 0 Å². The van der Waals surface area contributed by atoms with Gasteiger partial charge in [0.05, 0.1) is 7.11 Å². The standard InChI is InChI=1S/C17H24O2/c1-3-4-5-6-7-10-15(14-18)13-16-11-8-9-12-17(16)19-2/h8-9,11-14H,3-7,10H2,1-2H3/b15-13+. The molecule has 1 aromatic carbocycles. The SMILES string of the molecule is CCCCCCC/C(C=O)=C\c1ccccc1OC. The van der Waals surface area contributed by atoms with Crippen LogP contribution in [0.3, 0.4) is 0 Å². The largest absolute Gasteiger partial charge is 0.496 e. The van der Waals surface area contributed by atoms with Crippen LogP contribution in [0, 0.1) is 0 Å². The van der Waals surface area contributed by atoms with Crippen molar-refractivity contribution in [3.05, 3.63) is 35.4 Å². The number of benzene rings is 1. The normalized spacial score (nSPS) is 11.4. The van der Waals surface area contributed by atoms with Gasteiger partial charge < -0.3 is 4.74 Å². The summed E-state index contributed by atoms with van der Waals surface area (Å²) in [5.74, 6) is 0.813. The Morgan fingerprint density at radius 2 is 1.89 bits per heavy atom. The molecule has 0 unspecified atom stereocenters. The van der Waals surface area contributed by atoms with Crippen molar-refractivity contribution in [2.45, 2.75) is 45.4 Å². The number of ether oxygens (including phenoxy) is 1. The fraction of sp³-hybridized carbons (Fsp3) is 0.471. The zero-order valence-corrected chi connectivity index (χ0v) is 12.0. The van der Waals surface area contributed by atoms with Gasteiger partial charge in [0, 0.05) is 5.56 Å². The molecule has 0 aromatic heterocycles. The molecule has 19 heavy (non-hydrogen) atoms. The van der Waals surface area contributed by atoms with E-state index in [1.165, 1.54) is 25.7 Å². The van der Waals surface area contributed by atoms with Crippen LogP contribution in [0.4, 0.5) is 0 Å². The van der Waals surface area contributed by atoms with E-state index in [4.69, 9.17) is 4.74 Å². The minimum atomic E-state index is 0.813. The first-order valence-electron chi connectivity index (χ1n) is 7.10. The summed E-state index contributed by atoms with van der Waals surface area (Å²) in [7, 11) is 1.65. The number of methoxy groups -OCH3 is 1. The first-order valence-corrected chi connectivity index (χ1v) is 7.10. The van der Waals surface area contributed by atoms with Crippen LogP contribution < -0.4 is 4.74 Å². The van der Waals surface area contributed by atoms with Crippen LogP contribution in [0.5, 0.6) is 5.75 Å². The molecule has 0 aliphatic carbocycles. The highest BCUT2D eigenvalue weighted by Gasteiger charge is 2.01. The first kappa shape index (κ1) is 15.5. The minimum absolute atomic E-state index is 0.813. The Morgan fingerprint density at radius 3 is 2.58 bits per heavy atom. The van der Waals surface area contributed by atoms with E-state index in [0.717, 1.165) is 36.0 Å². The Morgan fingerprint density at radius 1 is 1.16 bits per heavy atom. The van der Waals surface area contributed by atoms with Crippen LogP contribution in [0.25, 0.3) is 6.08 Å². The highest BCUT2D eigenvalue weighted by Crippen LogP contribution is 2.21. The molecule has 1 aromatic rings. The Labute approximate surface area is 116 Å². The fourth-order valence-electron chi connectivity index (χ4n) is 2.08. The average molecular weight is 260 g/mol. The first-order chi connectivity index (χ1) is 9.31. The number of carbonyl (C=O) groups is 1. The molecule has 0 bridgehead atoms. The monoisotopic (exact) mass is 260 g/mol. The van der Waals surface area contributed by atoms with Crippen molar-refractivity contribution in [1.82, 2.24) is 0 Å². The average Bonchev–Trinajstić information content (AvgIpc) is 2.46. The van der Waals surface area contributed by atoms with E-state index in [9.17, 15) is 4.79 Å². The second kappa shape index (κ2) is 9.37.